The van der Waals surface area contributed by atoms with Crippen LogP contribution in [0.15, 0.2) is 6.20 Å². The maximum absolute atomic E-state index is 9.50. The predicted octanol–water partition coefficient (Wildman–Crippen LogP) is 1.93. The molecule has 5 nitrogen and oxygen atoms in total. The number of nitrogens with zero attached hydrogens (tertiary/aromatic N) is 2. The van der Waals surface area contributed by atoms with Gasteiger partial charge in [-0.15, -0.1) is 0 Å². The number of aliphatic hydroxyl groups is 1. The van der Waals surface area contributed by atoms with Gasteiger partial charge in [0.2, 0.25) is 5.95 Å². The fourth-order valence-electron chi connectivity index (χ4n) is 2.24. The van der Waals surface area contributed by atoms with Crippen LogP contribution in [0, 0.1) is 6.92 Å². The molecule has 100 valence electrons. The molecule has 1 aromatic rings. The van der Waals surface area contributed by atoms with Crippen molar-refractivity contribution in [2.75, 3.05) is 17.2 Å². The lowest BCUT2D eigenvalue weighted by Crippen LogP contribution is -2.29. The first-order valence-corrected chi connectivity index (χ1v) is 6.71. The van der Waals surface area contributed by atoms with Gasteiger partial charge >= 0.3 is 0 Å². The average Bonchev–Trinajstić information content (AvgIpc) is 2.36. The van der Waals surface area contributed by atoms with Crippen LogP contribution < -0.4 is 10.6 Å². The van der Waals surface area contributed by atoms with E-state index in [4.69, 9.17) is 0 Å². The molecule has 1 aromatic heterocycles. The number of aliphatic hydroxyl groups excluding tert-OH is 1. The van der Waals surface area contributed by atoms with E-state index in [1.807, 2.05) is 20.0 Å². The lowest BCUT2D eigenvalue weighted by molar-refractivity contribution is 0.126. The molecule has 1 fully saturated rings. The van der Waals surface area contributed by atoms with Crippen LogP contribution in [-0.4, -0.2) is 33.8 Å². The molecule has 0 aliphatic heterocycles. The molecule has 1 aliphatic rings. The number of hydrogen-bond acceptors (Lipinski definition) is 5. The highest BCUT2D eigenvalue weighted by Gasteiger charge is 2.20. The molecular weight excluding hydrogens is 228 g/mol. The predicted molar refractivity (Wildman–Crippen MR) is 72.8 cm³/mol. The third kappa shape index (κ3) is 3.32. The SMILES string of the molecule is CCNc1ncc(C)c(NC2CCC(O)CC2)n1. The van der Waals surface area contributed by atoms with Crippen LogP contribution in [-0.2, 0) is 0 Å². The molecule has 0 unspecified atom stereocenters. The quantitative estimate of drug-likeness (QED) is 0.761. The van der Waals surface area contributed by atoms with E-state index in [9.17, 15) is 5.11 Å². The Bertz CT molecular complexity index is 389. The highest BCUT2D eigenvalue weighted by molar-refractivity contribution is 5.47. The minimum atomic E-state index is -0.119. The summed E-state index contributed by atoms with van der Waals surface area (Å²) >= 11 is 0. The molecule has 0 radical (unpaired) electrons. The van der Waals surface area contributed by atoms with Gasteiger partial charge in [0.1, 0.15) is 5.82 Å². The van der Waals surface area contributed by atoms with Crippen LogP contribution in [0.5, 0.6) is 0 Å². The molecule has 0 amide bonds. The van der Waals surface area contributed by atoms with Gasteiger partial charge in [-0.05, 0) is 39.5 Å². The van der Waals surface area contributed by atoms with E-state index in [1.165, 1.54) is 0 Å². The molecule has 0 atom stereocenters. The van der Waals surface area contributed by atoms with Crippen molar-refractivity contribution in [2.24, 2.45) is 0 Å². The third-order valence-electron chi connectivity index (χ3n) is 3.34. The van der Waals surface area contributed by atoms with Gasteiger partial charge in [0.15, 0.2) is 0 Å². The Hall–Kier alpha value is -1.36. The van der Waals surface area contributed by atoms with Crippen molar-refractivity contribution in [3.05, 3.63) is 11.8 Å². The molecule has 0 aromatic carbocycles. The van der Waals surface area contributed by atoms with Gasteiger partial charge in [0, 0.05) is 24.3 Å². The summed E-state index contributed by atoms with van der Waals surface area (Å²) in [5.41, 5.74) is 1.06. The third-order valence-corrected chi connectivity index (χ3v) is 3.34. The number of anilines is 2. The van der Waals surface area contributed by atoms with Gasteiger partial charge < -0.3 is 15.7 Å². The van der Waals surface area contributed by atoms with Gasteiger partial charge in [-0.2, -0.15) is 4.98 Å². The highest BCUT2D eigenvalue weighted by atomic mass is 16.3. The fourth-order valence-corrected chi connectivity index (χ4v) is 2.24. The lowest BCUT2D eigenvalue weighted by Gasteiger charge is -2.27. The topological polar surface area (TPSA) is 70.1 Å². The van der Waals surface area contributed by atoms with Gasteiger partial charge in [0.05, 0.1) is 6.10 Å². The van der Waals surface area contributed by atoms with Crippen LogP contribution in [0.3, 0.4) is 0 Å². The van der Waals surface area contributed by atoms with Gasteiger partial charge in [-0.3, -0.25) is 0 Å². The number of aromatic nitrogens is 2. The molecule has 0 saturated heterocycles. The summed E-state index contributed by atoms with van der Waals surface area (Å²) in [5.74, 6) is 1.57. The molecule has 0 spiro atoms. The van der Waals surface area contributed by atoms with Crippen LogP contribution >= 0.6 is 0 Å². The van der Waals surface area contributed by atoms with Crippen LogP contribution in [0.2, 0.25) is 0 Å². The molecule has 1 saturated carbocycles. The first-order chi connectivity index (χ1) is 8.69. The van der Waals surface area contributed by atoms with E-state index >= 15 is 0 Å². The van der Waals surface area contributed by atoms with Gasteiger partial charge in [0.25, 0.3) is 0 Å². The smallest absolute Gasteiger partial charge is 0.224 e. The average molecular weight is 250 g/mol. The summed E-state index contributed by atoms with van der Waals surface area (Å²) in [4.78, 5) is 8.71. The molecule has 0 bridgehead atoms. The van der Waals surface area contributed by atoms with Crippen LogP contribution in [0.4, 0.5) is 11.8 Å². The van der Waals surface area contributed by atoms with Gasteiger partial charge in [-0.1, -0.05) is 0 Å². The minimum absolute atomic E-state index is 0.119. The van der Waals surface area contributed by atoms with E-state index < -0.39 is 0 Å². The van der Waals surface area contributed by atoms with E-state index in [2.05, 4.69) is 20.6 Å². The number of aryl methyl sites for hydroxylation is 1. The summed E-state index contributed by atoms with van der Waals surface area (Å²) in [7, 11) is 0. The van der Waals surface area contributed by atoms with Crippen molar-refractivity contribution < 1.29 is 5.11 Å². The molecule has 1 aliphatic carbocycles. The normalized spacial score (nSPS) is 23.7. The Morgan fingerprint density at radius 1 is 1.33 bits per heavy atom. The Balaban J connectivity index is 2.01. The lowest BCUT2D eigenvalue weighted by atomic mass is 9.93. The summed E-state index contributed by atoms with van der Waals surface area (Å²) in [6.45, 7) is 4.85. The maximum Gasteiger partial charge on any atom is 0.224 e. The van der Waals surface area contributed by atoms with Crippen molar-refractivity contribution in [3.8, 4) is 0 Å². The molecule has 18 heavy (non-hydrogen) atoms. The first kappa shape index (κ1) is 13.1. The zero-order valence-corrected chi connectivity index (χ0v) is 11.1. The monoisotopic (exact) mass is 250 g/mol. The molecule has 3 N–H and O–H groups in total. The fraction of sp³-hybridized carbons (Fsp3) is 0.692. The second kappa shape index (κ2) is 6.00. The number of nitrogens with one attached hydrogen (secondary N) is 2. The van der Waals surface area contributed by atoms with Crippen LogP contribution in [0.25, 0.3) is 0 Å². The second-order valence-corrected chi connectivity index (χ2v) is 4.91. The standard InChI is InChI=1S/C13H22N4O/c1-3-14-13-15-8-9(2)12(17-13)16-10-4-6-11(18)7-5-10/h8,10-11,18H,3-7H2,1-2H3,(H2,14,15,16,17). The van der Waals surface area contributed by atoms with Crippen molar-refractivity contribution in [1.82, 2.24) is 9.97 Å². The summed E-state index contributed by atoms with van der Waals surface area (Å²) in [6.07, 6.45) is 5.48. The number of hydrogen-bond donors (Lipinski definition) is 3. The second-order valence-electron chi connectivity index (χ2n) is 4.91. The summed E-state index contributed by atoms with van der Waals surface area (Å²) in [6, 6.07) is 0.413. The molecule has 2 rings (SSSR count). The number of rotatable bonds is 4. The van der Waals surface area contributed by atoms with E-state index in [0.29, 0.717) is 12.0 Å². The van der Waals surface area contributed by atoms with E-state index in [1.54, 1.807) is 0 Å². The van der Waals surface area contributed by atoms with Crippen molar-refractivity contribution in [3.63, 3.8) is 0 Å². The minimum Gasteiger partial charge on any atom is -0.393 e. The Morgan fingerprint density at radius 3 is 2.72 bits per heavy atom. The van der Waals surface area contributed by atoms with Crippen molar-refractivity contribution >= 4 is 11.8 Å². The largest absolute Gasteiger partial charge is 0.393 e. The van der Waals surface area contributed by atoms with E-state index in [-0.39, 0.29) is 6.10 Å². The molecular formula is C13H22N4O. The zero-order valence-electron chi connectivity index (χ0n) is 11.1. The highest BCUT2D eigenvalue weighted by Crippen LogP contribution is 2.23. The van der Waals surface area contributed by atoms with Gasteiger partial charge in [-0.25, -0.2) is 4.98 Å². The van der Waals surface area contributed by atoms with E-state index in [0.717, 1.165) is 43.6 Å². The first-order valence-electron chi connectivity index (χ1n) is 6.71. The Morgan fingerprint density at radius 2 is 2.06 bits per heavy atom. The van der Waals surface area contributed by atoms with Crippen molar-refractivity contribution in [1.29, 1.82) is 0 Å². The maximum atomic E-state index is 9.50. The zero-order chi connectivity index (χ0) is 13.0. The summed E-state index contributed by atoms with van der Waals surface area (Å²) < 4.78 is 0. The summed E-state index contributed by atoms with van der Waals surface area (Å²) in [5, 5.41) is 16.1. The van der Waals surface area contributed by atoms with Crippen LogP contribution in [0.1, 0.15) is 38.2 Å². The molecule has 1 heterocycles. The van der Waals surface area contributed by atoms with Crippen molar-refractivity contribution in [2.45, 2.75) is 51.7 Å². The Kier molecular flexibility index (Phi) is 4.36. The Labute approximate surface area is 108 Å². The molecule has 5 heteroatoms.